The molecule has 4 rings (SSSR count). The number of amides is 2. The van der Waals surface area contributed by atoms with Gasteiger partial charge in [0.2, 0.25) is 5.91 Å². The molecule has 1 N–H and O–H groups in total. The van der Waals surface area contributed by atoms with Crippen LogP contribution in [0.3, 0.4) is 0 Å². The maximum atomic E-state index is 12.9. The van der Waals surface area contributed by atoms with Gasteiger partial charge in [-0.05, 0) is 24.3 Å². The highest BCUT2D eigenvalue weighted by Gasteiger charge is 2.32. The molecule has 0 unspecified atom stereocenters. The van der Waals surface area contributed by atoms with E-state index in [0.717, 1.165) is 43.9 Å². The van der Waals surface area contributed by atoms with E-state index >= 15 is 0 Å². The zero-order chi connectivity index (χ0) is 18.6. The van der Waals surface area contributed by atoms with Crippen molar-refractivity contribution >= 4 is 28.8 Å². The molecular formula is C20H25N4O2S+. The van der Waals surface area contributed by atoms with Crippen molar-refractivity contribution in [3.63, 3.8) is 0 Å². The number of anilines is 1. The topological polar surface area (TPSA) is 58.0 Å². The average Bonchev–Trinajstić information content (AvgIpc) is 3.28. The van der Waals surface area contributed by atoms with Crippen LogP contribution in [-0.2, 0) is 4.79 Å². The Balaban J connectivity index is 1.27. The van der Waals surface area contributed by atoms with Crippen LogP contribution in [0.1, 0.15) is 22.5 Å². The summed E-state index contributed by atoms with van der Waals surface area (Å²) in [7, 11) is 0. The number of nitrogens with one attached hydrogen (secondary N) is 1. The smallest absolute Gasteiger partial charge is 0.263 e. The van der Waals surface area contributed by atoms with Crippen molar-refractivity contribution in [2.75, 3.05) is 44.2 Å². The largest absolute Gasteiger partial charge is 0.368 e. The Morgan fingerprint density at radius 2 is 1.63 bits per heavy atom. The van der Waals surface area contributed by atoms with Crippen LogP contribution < -0.4 is 9.88 Å². The van der Waals surface area contributed by atoms with Gasteiger partial charge in [0.25, 0.3) is 5.91 Å². The van der Waals surface area contributed by atoms with Gasteiger partial charge in [-0.1, -0.05) is 6.07 Å². The normalized spacial score (nSPS) is 18.6. The van der Waals surface area contributed by atoms with Crippen LogP contribution in [0.15, 0.2) is 42.0 Å². The maximum absolute atomic E-state index is 12.9. The van der Waals surface area contributed by atoms with E-state index in [1.54, 1.807) is 0 Å². The van der Waals surface area contributed by atoms with Crippen LogP contribution in [0.2, 0.25) is 0 Å². The second-order valence-corrected chi connectivity index (χ2v) is 8.06. The molecule has 6 nitrogen and oxygen atoms in total. The highest BCUT2D eigenvalue weighted by atomic mass is 32.1. The Kier molecular flexibility index (Phi) is 5.38. The summed E-state index contributed by atoms with van der Waals surface area (Å²) in [5, 5.41) is 1.93. The van der Waals surface area contributed by atoms with E-state index in [9.17, 15) is 9.59 Å². The number of thiophene rings is 1. The van der Waals surface area contributed by atoms with E-state index in [-0.39, 0.29) is 17.7 Å². The molecule has 4 heterocycles. The monoisotopic (exact) mass is 385 g/mol. The molecule has 7 heteroatoms. The summed E-state index contributed by atoms with van der Waals surface area (Å²) >= 11 is 1.48. The molecule has 0 aromatic carbocycles. The molecule has 2 aliphatic heterocycles. The lowest BCUT2D eigenvalue weighted by molar-refractivity contribution is -0.377. The number of aromatic amines is 1. The number of aromatic nitrogens is 1. The zero-order valence-corrected chi connectivity index (χ0v) is 16.2. The van der Waals surface area contributed by atoms with Crippen LogP contribution in [0.4, 0.5) is 5.69 Å². The van der Waals surface area contributed by atoms with Gasteiger partial charge in [-0.25, -0.2) is 4.98 Å². The lowest BCUT2D eigenvalue weighted by Gasteiger charge is -2.39. The fraction of sp³-hybridized carbons (Fsp3) is 0.450. The minimum Gasteiger partial charge on any atom is -0.368 e. The van der Waals surface area contributed by atoms with E-state index in [4.69, 9.17) is 0 Å². The van der Waals surface area contributed by atoms with Crippen molar-refractivity contribution in [2.24, 2.45) is 5.92 Å². The van der Waals surface area contributed by atoms with Crippen molar-refractivity contribution in [1.29, 1.82) is 0 Å². The van der Waals surface area contributed by atoms with Gasteiger partial charge in [0, 0.05) is 63.0 Å². The van der Waals surface area contributed by atoms with Crippen molar-refractivity contribution in [3.05, 3.63) is 46.9 Å². The van der Waals surface area contributed by atoms with E-state index in [2.05, 4.69) is 22.0 Å². The third-order valence-corrected chi connectivity index (χ3v) is 6.38. The Morgan fingerprint density at radius 1 is 0.926 bits per heavy atom. The number of carbonyl (C=O) groups is 2. The molecule has 27 heavy (non-hydrogen) atoms. The molecule has 2 aromatic rings. The van der Waals surface area contributed by atoms with E-state index in [1.165, 1.54) is 17.0 Å². The molecule has 2 aliphatic rings. The van der Waals surface area contributed by atoms with Gasteiger partial charge in [-0.15, -0.1) is 11.3 Å². The number of likely N-dealkylation sites (tertiary alicyclic amines) is 1. The number of hydrogen-bond donors (Lipinski definition) is 0. The van der Waals surface area contributed by atoms with Crippen LogP contribution in [0, 0.1) is 5.92 Å². The van der Waals surface area contributed by atoms with Crippen molar-refractivity contribution in [1.82, 2.24) is 9.80 Å². The third-order valence-electron chi connectivity index (χ3n) is 5.52. The predicted octanol–water partition coefficient (Wildman–Crippen LogP) is 1.76. The first-order chi connectivity index (χ1) is 13.2. The summed E-state index contributed by atoms with van der Waals surface area (Å²) in [6.07, 6.45) is 5.39. The molecule has 2 aromatic heterocycles. The van der Waals surface area contributed by atoms with Crippen LogP contribution >= 0.6 is 11.3 Å². The first-order valence-corrected chi connectivity index (χ1v) is 10.4. The van der Waals surface area contributed by atoms with Gasteiger partial charge in [-0.2, -0.15) is 0 Å². The average molecular weight is 386 g/mol. The SMILES string of the molecule is O=C(c1cccs1)N1CCC(C(=O)N2CCN(c3cc[nH+]cc3)CC2)CC1. The number of hydrogen-bond acceptors (Lipinski definition) is 4. The van der Waals surface area contributed by atoms with E-state index in [0.29, 0.717) is 13.1 Å². The van der Waals surface area contributed by atoms with Crippen molar-refractivity contribution < 1.29 is 14.6 Å². The zero-order valence-electron chi connectivity index (χ0n) is 15.3. The summed E-state index contributed by atoms with van der Waals surface area (Å²) in [5.41, 5.74) is 1.20. The van der Waals surface area contributed by atoms with Gasteiger partial charge < -0.3 is 14.7 Å². The molecule has 2 saturated heterocycles. The Hall–Kier alpha value is -2.41. The molecule has 0 bridgehead atoms. The van der Waals surface area contributed by atoms with Gasteiger partial charge >= 0.3 is 0 Å². The number of piperazine rings is 1. The minimum absolute atomic E-state index is 0.0512. The molecule has 0 saturated carbocycles. The predicted molar refractivity (Wildman–Crippen MR) is 105 cm³/mol. The highest BCUT2D eigenvalue weighted by molar-refractivity contribution is 7.12. The Morgan fingerprint density at radius 3 is 2.26 bits per heavy atom. The molecule has 2 amide bonds. The van der Waals surface area contributed by atoms with Gasteiger partial charge in [0.15, 0.2) is 12.4 Å². The first-order valence-electron chi connectivity index (χ1n) is 9.55. The number of rotatable bonds is 3. The molecule has 0 spiro atoms. The van der Waals surface area contributed by atoms with Gasteiger partial charge in [0.05, 0.1) is 4.88 Å². The molecule has 0 aliphatic carbocycles. The third kappa shape index (κ3) is 3.98. The molecule has 142 valence electrons. The van der Waals surface area contributed by atoms with Crippen molar-refractivity contribution in [3.8, 4) is 0 Å². The summed E-state index contributed by atoms with van der Waals surface area (Å²) in [4.78, 5) is 35.4. The summed E-state index contributed by atoms with van der Waals surface area (Å²) in [6, 6.07) is 7.91. The lowest BCUT2D eigenvalue weighted by atomic mass is 9.94. The van der Waals surface area contributed by atoms with Gasteiger partial charge in [0.1, 0.15) is 0 Å². The second-order valence-electron chi connectivity index (χ2n) is 7.11. The van der Waals surface area contributed by atoms with Crippen LogP contribution in [0.25, 0.3) is 0 Å². The summed E-state index contributed by atoms with van der Waals surface area (Å²) in [5.74, 6) is 0.416. The second kappa shape index (κ2) is 8.08. The van der Waals surface area contributed by atoms with Crippen LogP contribution in [-0.4, -0.2) is 60.9 Å². The standard InChI is InChI=1S/C20H24N4O2S/c25-19(24-13-11-22(12-14-24)17-3-7-21-8-4-17)16-5-9-23(10-6-16)20(26)18-2-1-15-27-18/h1-4,7-8,15-16H,5-6,9-14H2/p+1. The fourth-order valence-corrected chi connectivity index (χ4v) is 4.61. The number of H-pyrrole nitrogens is 1. The molecule has 2 fully saturated rings. The fourth-order valence-electron chi connectivity index (χ4n) is 3.92. The number of nitrogens with zero attached hydrogens (tertiary/aromatic N) is 3. The highest BCUT2D eigenvalue weighted by Crippen LogP contribution is 2.23. The summed E-state index contributed by atoms with van der Waals surface area (Å²) in [6.45, 7) is 4.62. The van der Waals surface area contributed by atoms with E-state index in [1.807, 2.05) is 39.7 Å². The molecule has 0 radical (unpaired) electrons. The van der Waals surface area contributed by atoms with Gasteiger partial charge in [-0.3, -0.25) is 9.59 Å². The maximum Gasteiger partial charge on any atom is 0.263 e. The molecule has 0 atom stereocenters. The quantitative estimate of drug-likeness (QED) is 0.809. The lowest BCUT2D eigenvalue weighted by Crippen LogP contribution is -2.52. The van der Waals surface area contributed by atoms with Crippen molar-refractivity contribution in [2.45, 2.75) is 12.8 Å². The Labute approximate surface area is 163 Å². The first kappa shape index (κ1) is 18.0. The number of carbonyl (C=O) groups excluding carboxylic acids is 2. The Bertz CT molecular complexity index is 765. The minimum atomic E-state index is 0.0512. The summed E-state index contributed by atoms with van der Waals surface area (Å²) < 4.78 is 0. The molecular weight excluding hydrogens is 360 g/mol. The van der Waals surface area contributed by atoms with E-state index < -0.39 is 0 Å². The number of piperidine rings is 1. The van der Waals surface area contributed by atoms with Crippen LogP contribution in [0.5, 0.6) is 0 Å². The number of pyridine rings is 1.